The second kappa shape index (κ2) is 6.97. The van der Waals surface area contributed by atoms with Crippen LogP contribution in [0.1, 0.15) is 5.56 Å². The Hall–Kier alpha value is -2.80. The number of nitrogens with one attached hydrogen (secondary N) is 1. The molecule has 0 aliphatic carbocycles. The van der Waals surface area contributed by atoms with Crippen molar-refractivity contribution in [3.63, 3.8) is 0 Å². The summed E-state index contributed by atoms with van der Waals surface area (Å²) in [5.74, 6) is 0.450. The van der Waals surface area contributed by atoms with Crippen LogP contribution in [-0.2, 0) is 0 Å². The highest BCUT2D eigenvalue weighted by molar-refractivity contribution is 9.10. The number of benzene rings is 2. The molecule has 0 unspecified atom stereocenters. The van der Waals surface area contributed by atoms with Gasteiger partial charge in [-0.3, -0.25) is 5.41 Å². The molecule has 0 radical (unpaired) electrons. The Morgan fingerprint density at radius 1 is 1.00 bits per heavy atom. The molecule has 3 aromatic rings. The maximum atomic E-state index is 7.04. The Bertz CT molecular complexity index is 840. The molecule has 7 heteroatoms. The Kier molecular flexibility index (Phi) is 5.02. The van der Waals surface area contributed by atoms with E-state index in [0.717, 1.165) is 15.2 Å². The van der Waals surface area contributed by atoms with E-state index in [-0.39, 0.29) is 5.84 Å². The van der Waals surface area contributed by atoms with Gasteiger partial charge in [-0.2, -0.15) is 0 Å². The molecule has 118 valence electrons. The molecular formula is C16H17BrN6. The topological polar surface area (TPSA) is 141 Å². The molecule has 0 atom stereocenters. The van der Waals surface area contributed by atoms with Crippen LogP contribution in [-0.4, -0.2) is 10.8 Å². The van der Waals surface area contributed by atoms with Crippen molar-refractivity contribution < 1.29 is 0 Å². The van der Waals surface area contributed by atoms with Crippen molar-refractivity contribution in [2.75, 3.05) is 17.2 Å². The van der Waals surface area contributed by atoms with Gasteiger partial charge in [0, 0.05) is 32.7 Å². The summed E-state index contributed by atoms with van der Waals surface area (Å²) in [6.45, 7) is 0. The SMILES string of the molecule is N=C(N)c1ccc(N)cc1.Nc1ncc2ccc(Br)cc2c1N. The Morgan fingerprint density at radius 3 is 2.26 bits per heavy atom. The van der Waals surface area contributed by atoms with Crippen molar-refractivity contribution in [1.29, 1.82) is 5.41 Å². The van der Waals surface area contributed by atoms with E-state index >= 15 is 0 Å². The number of fused-ring (bicyclic) bond motifs is 1. The van der Waals surface area contributed by atoms with Gasteiger partial charge in [0.15, 0.2) is 0 Å². The van der Waals surface area contributed by atoms with E-state index < -0.39 is 0 Å². The molecular weight excluding hydrogens is 356 g/mol. The van der Waals surface area contributed by atoms with Crippen LogP contribution in [0.15, 0.2) is 53.1 Å². The van der Waals surface area contributed by atoms with Gasteiger partial charge in [-0.1, -0.05) is 22.0 Å². The van der Waals surface area contributed by atoms with E-state index in [4.69, 9.17) is 28.3 Å². The Balaban J connectivity index is 0.000000174. The second-order valence-corrected chi connectivity index (χ2v) is 5.74. The van der Waals surface area contributed by atoms with Crippen LogP contribution in [0, 0.1) is 5.41 Å². The van der Waals surface area contributed by atoms with Gasteiger partial charge in [-0.25, -0.2) is 4.98 Å². The molecule has 1 aromatic heterocycles. The number of aromatic nitrogens is 1. The van der Waals surface area contributed by atoms with Crippen molar-refractivity contribution in [2.45, 2.75) is 0 Å². The Labute approximate surface area is 142 Å². The summed E-state index contributed by atoms with van der Waals surface area (Å²) in [4.78, 5) is 3.97. The average molecular weight is 373 g/mol. The van der Waals surface area contributed by atoms with Crippen molar-refractivity contribution in [3.8, 4) is 0 Å². The number of amidine groups is 1. The normalized spacial score (nSPS) is 9.96. The van der Waals surface area contributed by atoms with Gasteiger partial charge in [0.2, 0.25) is 0 Å². The van der Waals surface area contributed by atoms with Crippen LogP contribution in [0.25, 0.3) is 10.8 Å². The first-order valence-corrected chi connectivity index (χ1v) is 7.47. The predicted molar refractivity (Wildman–Crippen MR) is 100 cm³/mol. The summed E-state index contributed by atoms with van der Waals surface area (Å²) in [5.41, 5.74) is 23.9. The number of halogens is 1. The van der Waals surface area contributed by atoms with E-state index in [1.54, 1.807) is 30.5 Å². The standard InChI is InChI=1S/C9H8BrN3.C7H9N3/c10-6-2-1-5-4-13-9(12)8(11)7(5)3-6;8-6-3-1-5(2-4-6)7(9)10/h1-4H,11H2,(H2,12,13);1-4H,8H2,(H3,9,10). The molecule has 3 rings (SSSR count). The lowest BCUT2D eigenvalue weighted by atomic mass is 10.1. The molecule has 9 N–H and O–H groups in total. The first-order valence-electron chi connectivity index (χ1n) is 6.67. The maximum absolute atomic E-state index is 7.04. The van der Waals surface area contributed by atoms with E-state index in [1.165, 1.54) is 0 Å². The maximum Gasteiger partial charge on any atom is 0.147 e. The quantitative estimate of drug-likeness (QED) is 0.253. The molecule has 1 heterocycles. The third kappa shape index (κ3) is 4.10. The number of hydrogen-bond donors (Lipinski definition) is 5. The van der Waals surface area contributed by atoms with E-state index in [9.17, 15) is 0 Å². The molecule has 0 bridgehead atoms. The predicted octanol–water partition coefficient (Wildman–Crippen LogP) is 2.71. The van der Waals surface area contributed by atoms with Gasteiger partial charge in [-0.05, 0) is 36.4 Å². The minimum Gasteiger partial charge on any atom is -0.399 e. The van der Waals surface area contributed by atoms with Gasteiger partial charge in [0.25, 0.3) is 0 Å². The number of hydrogen-bond acceptors (Lipinski definition) is 5. The third-order valence-corrected chi connectivity index (χ3v) is 3.64. The fourth-order valence-corrected chi connectivity index (χ4v) is 2.24. The highest BCUT2D eigenvalue weighted by Crippen LogP contribution is 2.27. The first-order chi connectivity index (χ1) is 10.9. The molecule has 0 aliphatic rings. The minimum atomic E-state index is 0.0694. The van der Waals surface area contributed by atoms with Gasteiger partial charge in [0.1, 0.15) is 11.7 Å². The lowest BCUT2D eigenvalue weighted by molar-refractivity contribution is 1.37. The van der Waals surface area contributed by atoms with Gasteiger partial charge in [-0.15, -0.1) is 0 Å². The van der Waals surface area contributed by atoms with Crippen molar-refractivity contribution in [3.05, 3.63) is 58.7 Å². The molecule has 0 saturated carbocycles. The summed E-state index contributed by atoms with van der Waals surface area (Å²) in [6.07, 6.45) is 1.72. The molecule has 0 spiro atoms. The summed E-state index contributed by atoms with van der Waals surface area (Å²) in [7, 11) is 0. The lowest BCUT2D eigenvalue weighted by Crippen LogP contribution is -2.10. The second-order valence-electron chi connectivity index (χ2n) is 4.82. The van der Waals surface area contributed by atoms with Crippen molar-refractivity contribution >= 4 is 49.7 Å². The van der Waals surface area contributed by atoms with Crippen LogP contribution in [0.4, 0.5) is 17.2 Å². The fraction of sp³-hybridized carbons (Fsp3) is 0. The fourth-order valence-electron chi connectivity index (χ4n) is 1.88. The lowest BCUT2D eigenvalue weighted by Gasteiger charge is -2.04. The zero-order chi connectivity index (χ0) is 17.0. The van der Waals surface area contributed by atoms with E-state index in [0.29, 0.717) is 22.8 Å². The monoisotopic (exact) mass is 372 g/mol. The molecule has 0 saturated heterocycles. The summed E-state index contributed by atoms with van der Waals surface area (Å²) < 4.78 is 0.984. The highest BCUT2D eigenvalue weighted by Gasteiger charge is 2.02. The molecule has 0 amide bonds. The van der Waals surface area contributed by atoms with Crippen LogP contribution in [0.5, 0.6) is 0 Å². The van der Waals surface area contributed by atoms with Gasteiger partial charge >= 0.3 is 0 Å². The molecule has 0 aliphatic heterocycles. The molecule has 6 nitrogen and oxygen atoms in total. The molecule has 2 aromatic carbocycles. The van der Waals surface area contributed by atoms with E-state index in [2.05, 4.69) is 20.9 Å². The van der Waals surface area contributed by atoms with Crippen LogP contribution >= 0.6 is 15.9 Å². The third-order valence-electron chi connectivity index (χ3n) is 3.15. The number of rotatable bonds is 1. The average Bonchev–Trinajstić information content (AvgIpc) is 2.52. The van der Waals surface area contributed by atoms with Crippen LogP contribution < -0.4 is 22.9 Å². The molecule has 23 heavy (non-hydrogen) atoms. The number of nitrogens with zero attached hydrogens (tertiary/aromatic N) is 1. The number of nitrogens with two attached hydrogens (primary N) is 4. The van der Waals surface area contributed by atoms with Crippen LogP contribution in [0.3, 0.4) is 0 Å². The first kappa shape index (κ1) is 16.6. The van der Waals surface area contributed by atoms with Gasteiger partial charge in [0.05, 0.1) is 5.69 Å². The zero-order valence-corrected chi connectivity index (χ0v) is 13.8. The van der Waals surface area contributed by atoms with Crippen molar-refractivity contribution in [1.82, 2.24) is 4.98 Å². The van der Waals surface area contributed by atoms with Gasteiger partial charge < -0.3 is 22.9 Å². The van der Waals surface area contributed by atoms with E-state index in [1.807, 2.05) is 18.2 Å². The summed E-state index contributed by atoms with van der Waals surface area (Å²) >= 11 is 3.37. The van der Waals surface area contributed by atoms with Crippen molar-refractivity contribution in [2.24, 2.45) is 5.73 Å². The summed E-state index contributed by atoms with van der Waals surface area (Å²) in [6, 6.07) is 12.7. The molecule has 0 fully saturated rings. The zero-order valence-electron chi connectivity index (χ0n) is 12.3. The number of nitrogen functional groups attached to an aromatic ring is 4. The Morgan fingerprint density at radius 2 is 1.65 bits per heavy atom. The number of pyridine rings is 1. The smallest absolute Gasteiger partial charge is 0.147 e. The largest absolute Gasteiger partial charge is 0.399 e. The number of anilines is 3. The highest BCUT2D eigenvalue weighted by atomic mass is 79.9. The minimum absolute atomic E-state index is 0.0694. The summed E-state index contributed by atoms with van der Waals surface area (Å²) in [5, 5.41) is 8.97. The van der Waals surface area contributed by atoms with Crippen LogP contribution in [0.2, 0.25) is 0 Å².